The first-order valence-electron chi connectivity index (χ1n) is 7.60. The summed E-state index contributed by atoms with van der Waals surface area (Å²) >= 11 is 0. The van der Waals surface area contributed by atoms with Crippen LogP contribution >= 0.6 is 0 Å². The van der Waals surface area contributed by atoms with Gasteiger partial charge in [-0.05, 0) is 32.0 Å². The third-order valence-corrected chi connectivity index (χ3v) is 3.36. The van der Waals surface area contributed by atoms with Crippen molar-refractivity contribution in [3.8, 4) is 17.2 Å². The average molecular weight is 299 g/mol. The molecule has 4 nitrogen and oxygen atoms in total. The summed E-state index contributed by atoms with van der Waals surface area (Å²) in [6.07, 6.45) is 0.162. The summed E-state index contributed by atoms with van der Waals surface area (Å²) in [7, 11) is 0. The van der Waals surface area contributed by atoms with Crippen LogP contribution in [0.1, 0.15) is 19.4 Å². The highest BCUT2D eigenvalue weighted by Gasteiger charge is 2.12. The molecule has 4 heteroatoms. The minimum absolute atomic E-state index is 0.162. The van der Waals surface area contributed by atoms with E-state index >= 15 is 0 Å². The number of ether oxygens (including phenoxy) is 3. The lowest BCUT2D eigenvalue weighted by atomic mass is 10.2. The Kier molecular flexibility index (Phi) is 4.37. The molecule has 0 aliphatic carbocycles. The van der Waals surface area contributed by atoms with Crippen molar-refractivity contribution in [3.63, 3.8) is 0 Å². The summed E-state index contributed by atoms with van der Waals surface area (Å²) in [5.41, 5.74) is 2.13. The molecule has 2 aromatic rings. The Morgan fingerprint density at radius 2 is 1.82 bits per heavy atom. The molecular formula is C18H21NO3. The van der Waals surface area contributed by atoms with Crippen molar-refractivity contribution in [2.75, 3.05) is 18.5 Å². The van der Waals surface area contributed by atoms with Crippen molar-refractivity contribution in [1.82, 2.24) is 0 Å². The van der Waals surface area contributed by atoms with Crippen LogP contribution in [0.2, 0.25) is 0 Å². The quantitative estimate of drug-likeness (QED) is 0.910. The number of fused-ring (bicyclic) bond motifs is 1. The second kappa shape index (κ2) is 6.60. The molecule has 0 saturated carbocycles. The third-order valence-electron chi connectivity index (χ3n) is 3.36. The topological polar surface area (TPSA) is 39.7 Å². The van der Waals surface area contributed by atoms with Gasteiger partial charge in [-0.1, -0.05) is 18.2 Å². The fourth-order valence-electron chi connectivity index (χ4n) is 2.37. The molecule has 1 aliphatic rings. The van der Waals surface area contributed by atoms with Crippen molar-refractivity contribution < 1.29 is 14.2 Å². The van der Waals surface area contributed by atoms with E-state index in [-0.39, 0.29) is 6.10 Å². The van der Waals surface area contributed by atoms with Gasteiger partial charge in [0.05, 0.1) is 6.10 Å². The first-order valence-corrected chi connectivity index (χ1v) is 7.60. The molecule has 0 bridgehead atoms. The molecule has 0 amide bonds. The molecule has 0 spiro atoms. The van der Waals surface area contributed by atoms with Crippen molar-refractivity contribution in [2.24, 2.45) is 0 Å². The molecule has 0 fully saturated rings. The zero-order valence-corrected chi connectivity index (χ0v) is 13.0. The standard InChI is InChI=1S/C18H21NO3/c1-13(2)22-16-6-4-3-5-14(16)12-19-15-7-8-17-18(11-15)21-10-9-20-17/h3-8,11,13,19H,9-10,12H2,1-2H3. The maximum atomic E-state index is 5.84. The SMILES string of the molecule is CC(C)Oc1ccccc1CNc1ccc2c(c1)OCCO2. The van der Waals surface area contributed by atoms with Crippen molar-refractivity contribution in [1.29, 1.82) is 0 Å². The van der Waals surface area contributed by atoms with Crippen LogP contribution in [0.3, 0.4) is 0 Å². The van der Waals surface area contributed by atoms with Crippen LogP contribution in [0.4, 0.5) is 5.69 Å². The smallest absolute Gasteiger partial charge is 0.163 e. The highest BCUT2D eigenvalue weighted by Crippen LogP contribution is 2.33. The molecular weight excluding hydrogens is 278 g/mol. The minimum atomic E-state index is 0.162. The average Bonchev–Trinajstić information content (AvgIpc) is 2.53. The zero-order chi connectivity index (χ0) is 15.4. The van der Waals surface area contributed by atoms with Crippen molar-refractivity contribution in [3.05, 3.63) is 48.0 Å². The van der Waals surface area contributed by atoms with Crippen LogP contribution in [0.15, 0.2) is 42.5 Å². The fourth-order valence-corrected chi connectivity index (χ4v) is 2.37. The Morgan fingerprint density at radius 3 is 2.64 bits per heavy atom. The van der Waals surface area contributed by atoms with E-state index in [1.165, 1.54) is 0 Å². The Morgan fingerprint density at radius 1 is 1.05 bits per heavy atom. The van der Waals surface area contributed by atoms with Crippen LogP contribution in [-0.4, -0.2) is 19.3 Å². The highest BCUT2D eigenvalue weighted by molar-refractivity contribution is 5.55. The van der Waals surface area contributed by atoms with Crippen LogP contribution in [0, 0.1) is 0 Å². The molecule has 0 radical (unpaired) electrons. The molecule has 1 N–H and O–H groups in total. The summed E-state index contributed by atoms with van der Waals surface area (Å²) in [4.78, 5) is 0. The van der Waals surface area contributed by atoms with Gasteiger partial charge >= 0.3 is 0 Å². The van der Waals surface area contributed by atoms with Gasteiger partial charge in [-0.25, -0.2) is 0 Å². The predicted molar refractivity (Wildman–Crippen MR) is 87.0 cm³/mol. The number of benzene rings is 2. The number of hydrogen-bond acceptors (Lipinski definition) is 4. The van der Waals surface area contributed by atoms with Crippen molar-refractivity contribution >= 4 is 5.69 Å². The van der Waals surface area contributed by atoms with E-state index in [9.17, 15) is 0 Å². The maximum Gasteiger partial charge on any atom is 0.163 e. The number of rotatable bonds is 5. The summed E-state index contributed by atoms with van der Waals surface area (Å²) in [6.45, 7) is 5.97. The largest absolute Gasteiger partial charge is 0.491 e. The molecule has 0 unspecified atom stereocenters. The highest BCUT2D eigenvalue weighted by atomic mass is 16.6. The summed E-state index contributed by atoms with van der Waals surface area (Å²) < 4.78 is 17.0. The number of para-hydroxylation sites is 1. The first kappa shape index (κ1) is 14.6. The predicted octanol–water partition coefficient (Wildman–Crippen LogP) is 3.86. The second-order valence-electron chi connectivity index (χ2n) is 5.49. The lowest BCUT2D eigenvalue weighted by Crippen LogP contribution is -2.15. The summed E-state index contributed by atoms with van der Waals surface area (Å²) in [5.74, 6) is 2.52. The lowest BCUT2D eigenvalue weighted by Gasteiger charge is -2.19. The molecule has 0 saturated heterocycles. The number of hydrogen-bond donors (Lipinski definition) is 1. The van der Waals surface area contributed by atoms with E-state index in [2.05, 4.69) is 11.4 Å². The molecule has 1 heterocycles. The monoisotopic (exact) mass is 299 g/mol. The van der Waals surface area contributed by atoms with Gasteiger partial charge in [-0.3, -0.25) is 0 Å². The van der Waals surface area contributed by atoms with Gasteiger partial charge in [-0.15, -0.1) is 0 Å². The Hall–Kier alpha value is -2.36. The number of nitrogens with one attached hydrogen (secondary N) is 1. The first-order chi connectivity index (χ1) is 10.7. The van der Waals surface area contributed by atoms with Gasteiger partial charge < -0.3 is 19.5 Å². The van der Waals surface area contributed by atoms with Gasteiger partial charge in [0.25, 0.3) is 0 Å². The Bertz CT molecular complexity index is 640. The van der Waals surface area contributed by atoms with E-state index < -0.39 is 0 Å². The molecule has 0 aromatic heterocycles. The van der Waals surface area contributed by atoms with Gasteiger partial charge in [0.2, 0.25) is 0 Å². The Balaban J connectivity index is 1.70. The molecule has 116 valence electrons. The van der Waals surface area contributed by atoms with E-state index in [1.54, 1.807) is 0 Å². The molecule has 3 rings (SSSR count). The van der Waals surface area contributed by atoms with Gasteiger partial charge in [0.1, 0.15) is 19.0 Å². The molecule has 22 heavy (non-hydrogen) atoms. The van der Waals surface area contributed by atoms with Crippen LogP contribution in [-0.2, 0) is 6.54 Å². The van der Waals surface area contributed by atoms with E-state index in [1.807, 2.05) is 50.2 Å². The van der Waals surface area contributed by atoms with E-state index in [4.69, 9.17) is 14.2 Å². The Labute approximate surface area is 131 Å². The molecule has 1 aliphatic heterocycles. The summed E-state index contributed by atoms with van der Waals surface area (Å²) in [6, 6.07) is 14.0. The molecule has 0 atom stereocenters. The second-order valence-corrected chi connectivity index (χ2v) is 5.49. The normalized spacial score (nSPS) is 13.0. The molecule has 2 aromatic carbocycles. The third kappa shape index (κ3) is 3.45. The van der Waals surface area contributed by atoms with E-state index in [0.717, 1.165) is 28.5 Å². The van der Waals surface area contributed by atoms with Crippen LogP contribution < -0.4 is 19.5 Å². The maximum absolute atomic E-state index is 5.84. The number of anilines is 1. The van der Waals surface area contributed by atoms with Crippen molar-refractivity contribution in [2.45, 2.75) is 26.5 Å². The summed E-state index contributed by atoms with van der Waals surface area (Å²) in [5, 5.41) is 3.41. The van der Waals surface area contributed by atoms with Crippen LogP contribution in [0.25, 0.3) is 0 Å². The van der Waals surface area contributed by atoms with E-state index in [0.29, 0.717) is 19.8 Å². The fraction of sp³-hybridized carbons (Fsp3) is 0.333. The van der Waals surface area contributed by atoms with Gasteiger partial charge in [-0.2, -0.15) is 0 Å². The lowest BCUT2D eigenvalue weighted by molar-refractivity contribution is 0.171. The van der Waals surface area contributed by atoms with Gasteiger partial charge in [0, 0.05) is 23.9 Å². The zero-order valence-electron chi connectivity index (χ0n) is 13.0. The van der Waals surface area contributed by atoms with Crippen LogP contribution in [0.5, 0.6) is 17.2 Å². The minimum Gasteiger partial charge on any atom is -0.491 e. The van der Waals surface area contributed by atoms with Gasteiger partial charge in [0.15, 0.2) is 11.5 Å².